The summed E-state index contributed by atoms with van der Waals surface area (Å²) in [4.78, 5) is 18.9. The molecule has 2 aromatic heterocycles. The van der Waals surface area contributed by atoms with Gasteiger partial charge in [-0.1, -0.05) is 0 Å². The number of aromatic nitrogens is 1. The van der Waals surface area contributed by atoms with Crippen molar-refractivity contribution in [1.29, 1.82) is 0 Å². The summed E-state index contributed by atoms with van der Waals surface area (Å²) in [5.41, 5.74) is 2.77. The van der Waals surface area contributed by atoms with Gasteiger partial charge in [0.25, 0.3) is 0 Å². The zero-order valence-corrected chi connectivity index (χ0v) is 14.1. The van der Waals surface area contributed by atoms with Crippen LogP contribution >= 0.6 is 0 Å². The average Bonchev–Trinajstić information content (AvgIpc) is 3.42. The lowest BCUT2D eigenvalue weighted by Crippen LogP contribution is -2.33. The van der Waals surface area contributed by atoms with Gasteiger partial charge in [0.15, 0.2) is 0 Å². The Labute approximate surface area is 146 Å². The number of nitrogens with zero attached hydrogens (tertiary/aromatic N) is 2. The van der Waals surface area contributed by atoms with E-state index >= 15 is 0 Å². The van der Waals surface area contributed by atoms with Crippen molar-refractivity contribution in [2.24, 2.45) is 0 Å². The van der Waals surface area contributed by atoms with Crippen LogP contribution in [0.25, 0.3) is 11.0 Å². The van der Waals surface area contributed by atoms with Gasteiger partial charge in [-0.25, -0.2) is 0 Å². The number of furan rings is 1. The quantitative estimate of drug-likeness (QED) is 0.690. The van der Waals surface area contributed by atoms with E-state index in [-0.39, 0.29) is 5.91 Å². The van der Waals surface area contributed by atoms with E-state index < -0.39 is 0 Å². The first kappa shape index (κ1) is 15.7. The molecule has 2 heterocycles. The smallest absolute Gasteiger partial charge is 0.227 e. The molecule has 0 spiro atoms. The number of methoxy groups -OCH3 is 1. The van der Waals surface area contributed by atoms with Crippen molar-refractivity contribution in [1.82, 2.24) is 9.88 Å². The summed E-state index contributed by atoms with van der Waals surface area (Å²) in [5, 5.41) is 0.966. The van der Waals surface area contributed by atoms with Gasteiger partial charge in [0, 0.05) is 42.0 Å². The van der Waals surface area contributed by atoms with Crippen molar-refractivity contribution in [2.45, 2.75) is 31.8 Å². The van der Waals surface area contributed by atoms with Gasteiger partial charge < -0.3 is 14.1 Å². The fraction of sp³-hybridized carbons (Fsp3) is 0.300. The van der Waals surface area contributed by atoms with Crippen LogP contribution < -0.4 is 4.74 Å². The number of hydrogen-bond donors (Lipinski definition) is 0. The maximum atomic E-state index is 12.9. The van der Waals surface area contributed by atoms with Crippen LogP contribution in [0.4, 0.5) is 0 Å². The van der Waals surface area contributed by atoms with E-state index in [1.807, 2.05) is 35.2 Å². The van der Waals surface area contributed by atoms with E-state index in [1.54, 1.807) is 25.8 Å². The number of pyridine rings is 1. The van der Waals surface area contributed by atoms with Crippen molar-refractivity contribution in [3.05, 3.63) is 60.1 Å². The Morgan fingerprint density at radius 3 is 2.80 bits per heavy atom. The van der Waals surface area contributed by atoms with Crippen LogP contribution in [-0.2, 0) is 17.8 Å². The van der Waals surface area contributed by atoms with Crippen LogP contribution in [0.3, 0.4) is 0 Å². The summed E-state index contributed by atoms with van der Waals surface area (Å²) in [6, 6.07) is 9.97. The highest BCUT2D eigenvalue weighted by atomic mass is 16.5. The van der Waals surface area contributed by atoms with Crippen molar-refractivity contribution < 1.29 is 13.9 Å². The van der Waals surface area contributed by atoms with E-state index in [2.05, 4.69) is 4.98 Å². The second kappa shape index (κ2) is 6.59. The summed E-state index contributed by atoms with van der Waals surface area (Å²) in [7, 11) is 1.63. The number of fused-ring (bicyclic) bond motifs is 1. The third-order valence-corrected chi connectivity index (χ3v) is 4.61. The van der Waals surface area contributed by atoms with E-state index in [0.717, 1.165) is 40.7 Å². The van der Waals surface area contributed by atoms with Gasteiger partial charge in [-0.15, -0.1) is 0 Å². The molecule has 128 valence electrons. The lowest BCUT2D eigenvalue weighted by molar-refractivity contribution is -0.131. The van der Waals surface area contributed by atoms with E-state index in [1.165, 1.54) is 0 Å². The highest BCUT2D eigenvalue weighted by Crippen LogP contribution is 2.30. The fourth-order valence-corrected chi connectivity index (χ4v) is 3.08. The summed E-state index contributed by atoms with van der Waals surface area (Å²) in [6.45, 7) is 0.635. The largest absolute Gasteiger partial charge is 0.497 e. The lowest BCUT2D eigenvalue weighted by Gasteiger charge is -2.22. The standard InChI is InChI=1S/C20H20N2O3/c1-24-17-4-5-18-15(13-25-19(18)11-17)10-20(23)22(16-2-3-16)12-14-6-8-21-9-7-14/h4-9,11,13,16H,2-3,10,12H2,1H3. The third kappa shape index (κ3) is 3.36. The van der Waals surface area contributed by atoms with Gasteiger partial charge in [-0.2, -0.15) is 0 Å². The minimum absolute atomic E-state index is 0.137. The SMILES string of the molecule is COc1ccc2c(CC(=O)N(Cc3ccncc3)C3CC3)coc2c1. The molecule has 3 aromatic rings. The number of hydrogen-bond acceptors (Lipinski definition) is 4. The molecule has 0 radical (unpaired) electrons. The van der Waals surface area contributed by atoms with Crippen LogP contribution in [0, 0.1) is 0 Å². The number of carbonyl (C=O) groups is 1. The predicted octanol–water partition coefficient (Wildman–Crippen LogP) is 3.57. The number of rotatable bonds is 6. The first-order valence-corrected chi connectivity index (χ1v) is 8.47. The first-order chi connectivity index (χ1) is 12.2. The molecule has 5 heteroatoms. The highest BCUT2D eigenvalue weighted by molar-refractivity contribution is 5.88. The Kier molecular flexibility index (Phi) is 4.14. The maximum Gasteiger partial charge on any atom is 0.227 e. The molecular formula is C20H20N2O3. The molecule has 0 saturated heterocycles. The van der Waals surface area contributed by atoms with Crippen LogP contribution in [0.1, 0.15) is 24.0 Å². The molecule has 0 unspecified atom stereocenters. The number of ether oxygens (including phenoxy) is 1. The molecule has 0 aliphatic heterocycles. The molecule has 4 rings (SSSR count). The van der Waals surface area contributed by atoms with Gasteiger partial charge in [0.05, 0.1) is 19.8 Å². The summed E-state index contributed by atoms with van der Waals surface area (Å²) >= 11 is 0. The molecule has 0 atom stereocenters. The summed E-state index contributed by atoms with van der Waals surface area (Å²) in [5.74, 6) is 0.884. The van der Waals surface area contributed by atoms with Gasteiger partial charge in [0.2, 0.25) is 5.91 Å². The topological polar surface area (TPSA) is 55.6 Å². The molecule has 1 aliphatic rings. The van der Waals surface area contributed by atoms with Crippen molar-refractivity contribution >= 4 is 16.9 Å². The molecule has 1 amide bonds. The zero-order chi connectivity index (χ0) is 17.2. The van der Waals surface area contributed by atoms with Gasteiger partial charge in [-0.05, 0) is 42.7 Å². The Morgan fingerprint density at radius 2 is 2.08 bits per heavy atom. The Hall–Kier alpha value is -2.82. The minimum Gasteiger partial charge on any atom is -0.497 e. The Morgan fingerprint density at radius 1 is 1.28 bits per heavy atom. The second-order valence-corrected chi connectivity index (χ2v) is 6.41. The van der Waals surface area contributed by atoms with Crippen LogP contribution in [-0.4, -0.2) is 28.9 Å². The summed E-state index contributed by atoms with van der Waals surface area (Å²) < 4.78 is 10.8. The summed E-state index contributed by atoms with van der Waals surface area (Å²) in [6.07, 6.45) is 7.73. The molecule has 5 nitrogen and oxygen atoms in total. The van der Waals surface area contributed by atoms with Gasteiger partial charge in [-0.3, -0.25) is 9.78 Å². The average molecular weight is 336 g/mol. The lowest BCUT2D eigenvalue weighted by atomic mass is 10.1. The molecule has 25 heavy (non-hydrogen) atoms. The predicted molar refractivity (Wildman–Crippen MR) is 94.3 cm³/mol. The monoisotopic (exact) mass is 336 g/mol. The molecule has 0 N–H and O–H groups in total. The molecule has 0 bridgehead atoms. The fourth-order valence-electron chi connectivity index (χ4n) is 3.08. The molecule has 1 saturated carbocycles. The highest BCUT2D eigenvalue weighted by Gasteiger charge is 2.32. The van der Waals surface area contributed by atoms with Crippen molar-refractivity contribution in [3.8, 4) is 5.75 Å². The van der Waals surface area contributed by atoms with Crippen LogP contribution in [0.5, 0.6) is 5.75 Å². The van der Waals surface area contributed by atoms with Crippen LogP contribution in [0.15, 0.2) is 53.4 Å². The van der Waals surface area contributed by atoms with E-state index in [0.29, 0.717) is 19.0 Å². The molecule has 1 fully saturated rings. The molecule has 1 aromatic carbocycles. The van der Waals surface area contributed by atoms with Crippen molar-refractivity contribution in [2.75, 3.05) is 7.11 Å². The normalized spacial score (nSPS) is 13.8. The van der Waals surface area contributed by atoms with Gasteiger partial charge >= 0.3 is 0 Å². The number of carbonyl (C=O) groups excluding carboxylic acids is 1. The Bertz CT molecular complexity index is 884. The maximum absolute atomic E-state index is 12.9. The number of amides is 1. The van der Waals surface area contributed by atoms with Crippen molar-refractivity contribution in [3.63, 3.8) is 0 Å². The minimum atomic E-state index is 0.137. The first-order valence-electron chi connectivity index (χ1n) is 8.47. The van der Waals surface area contributed by atoms with Crippen LogP contribution in [0.2, 0.25) is 0 Å². The third-order valence-electron chi connectivity index (χ3n) is 4.61. The van der Waals surface area contributed by atoms with E-state index in [9.17, 15) is 4.79 Å². The second-order valence-electron chi connectivity index (χ2n) is 6.41. The zero-order valence-electron chi connectivity index (χ0n) is 14.1. The number of benzene rings is 1. The molecule has 1 aliphatic carbocycles. The van der Waals surface area contributed by atoms with E-state index in [4.69, 9.17) is 9.15 Å². The Balaban J connectivity index is 1.53. The van der Waals surface area contributed by atoms with Gasteiger partial charge in [0.1, 0.15) is 11.3 Å². The molecular weight excluding hydrogens is 316 g/mol.